The third-order valence-corrected chi connectivity index (χ3v) is 2.47. The third kappa shape index (κ3) is 2.03. The van der Waals surface area contributed by atoms with Crippen LogP contribution in [-0.4, -0.2) is 23.2 Å². The summed E-state index contributed by atoms with van der Waals surface area (Å²) >= 11 is 0. The number of hydrogen-bond donors (Lipinski definition) is 1. The highest BCUT2D eigenvalue weighted by molar-refractivity contribution is 6.06. The zero-order valence-corrected chi connectivity index (χ0v) is 8.88. The van der Waals surface area contributed by atoms with Gasteiger partial charge in [0.25, 0.3) is 0 Å². The van der Waals surface area contributed by atoms with Crippen LogP contribution in [0.2, 0.25) is 0 Å². The zero-order valence-electron chi connectivity index (χ0n) is 8.88. The molecule has 0 amide bonds. The molecular weight excluding hydrogens is 280 g/mol. The van der Waals surface area contributed by atoms with E-state index in [1.807, 2.05) is 0 Å². The van der Waals surface area contributed by atoms with Crippen LogP contribution in [0.5, 0.6) is 0 Å². The molecule has 1 heterocycles. The fraction of sp³-hybridized carbons (Fsp3) is 0.300. The summed E-state index contributed by atoms with van der Waals surface area (Å²) in [6.07, 6.45) is -10.3. The lowest BCUT2D eigenvalue weighted by Gasteiger charge is -2.33. The van der Waals surface area contributed by atoms with Crippen molar-refractivity contribution in [2.24, 2.45) is 5.16 Å². The molecule has 1 N–H and O–H groups in total. The lowest BCUT2D eigenvalue weighted by atomic mass is 9.94. The van der Waals surface area contributed by atoms with E-state index in [0.717, 1.165) is 18.2 Å². The largest absolute Gasteiger partial charge is 0.462 e. The first-order valence-electron chi connectivity index (χ1n) is 4.80. The van der Waals surface area contributed by atoms with Crippen LogP contribution >= 0.6 is 0 Å². The van der Waals surface area contributed by atoms with Crippen molar-refractivity contribution in [2.75, 3.05) is 0 Å². The quantitative estimate of drug-likeness (QED) is 0.745. The summed E-state index contributed by atoms with van der Waals surface area (Å²) in [5, 5.41) is 11.8. The van der Waals surface area contributed by atoms with Gasteiger partial charge in [-0.05, 0) is 0 Å². The Morgan fingerprint density at radius 1 is 1.05 bits per heavy atom. The molecule has 1 atom stereocenters. The van der Waals surface area contributed by atoms with Gasteiger partial charge in [0, 0.05) is 11.1 Å². The number of benzene rings is 1. The second-order valence-electron chi connectivity index (χ2n) is 3.72. The maximum atomic E-state index is 12.7. The summed E-state index contributed by atoms with van der Waals surface area (Å²) < 4.78 is 75.9. The maximum absolute atomic E-state index is 12.7. The van der Waals surface area contributed by atoms with Gasteiger partial charge >= 0.3 is 18.1 Å². The minimum Gasteiger partial charge on any atom is -0.344 e. The van der Waals surface area contributed by atoms with Crippen molar-refractivity contribution in [1.82, 2.24) is 0 Å². The van der Waals surface area contributed by atoms with Gasteiger partial charge in [-0.15, -0.1) is 0 Å². The van der Waals surface area contributed by atoms with Gasteiger partial charge in [-0.25, -0.2) is 0 Å². The van der Waals surface area contributed by atoms with Gasteiger partial charge in [0.1, 0.15) is 0 Å². The summed E-state index contributed by atoms with van der Waals surface area (Å²) in [5.41, 5.74) is -3.55. The monoisotopic (exact) mass is 285 g/mol. The van der Waals surface area contributed by atoms with Gasteiger partial charge in [-0.3, -0.25) is 0 Å². The van der Waals surface area contributed by atoms with E-state index in [1.54, 1.807) is 0 Å². The van der Waals surface area contributed by atoms with Crippen molar-refractivity contribution in [1.29, 1.82) is 0 Å². The number of alkyl halides is 6. The van der Waals surface area contributed by atoms with Gasteiger partial charge < -0.3 is 9.94 Å². The van der Waals surface area contributed by atoms with Crippen LogP contribution in [0.3, 0.4) is 0 Å². The molecule has 1 unspecified atom stereocenters. The van der Waals surface area contributed by atoms with Gasteiger partial charge in [0.05, 0.1) is 0 Å². The van der Waals surface area contributed by atoms with Crippen LogP contribution in [0.1, 0.15) is 11.1 Å². The molecule has 0 spiro atoms. The first-order chi connectivity index (χ1) is 8.57. The van der Waals surface area contributed by atoms with Crippen LogP contribution < -0.4 is 0 Å². The number of oxime groups is 1. The highest BCUT2D eigenvalue weighted by Gasteiger charge is 2.62. The van der Waals surface area contributed by atoms with Gasteiger partial charge in [0.2, 0.25) is 0 Å². The topological polar surface area (TPSA) is 41.8 Å². The molecule has 0 bridgehead atoms. The maximum Gasteiger partial charge on any atom is 0.462 e. The normalized spacial score (nSPS) is 23.4. The Hall–Kier alpha value is -1.77. The number of fused-ring (bicyclic) bond motifs is 1. The number of rotatable bonds is 0. The van der Waals surface area contributed by atoms with Crippen LogP contribution in [0.25, 0.3) is 0 Å². The SMILES string of the molecule is OC1(C(F)(F)F)ON=C(C(F)(F)F)c2ccccc21. The molecule has 2 rings (SSSR count). The minimum absolute atomic E-state index is 0.698. The lowest BCUT2D eigenvalue weighted by Crippen LogP contribution is -2.48. The number of nitrogens with zero attached hydrogens (tertiary/aromatic N) is 1. The first kappa shape index (κ1) is 13.7. The van der Waals surface area contributed by atoms with Gasteiger partial charge in [-0.1, -0.05) is 29.4 Å². The Morgan fingerprint density at radius 2 is 1.63 bits per heavy atom. The summed E-state index contributed by atoms with van der Waals surface area (Å²) in [4.78, 5) is 3.69. The highest BCUT2D eigenvalue weighted by atomic mass is 19.4. The molecule has 3 nitrogen and oxygen atoms in total. The summed E-state index contributed by atoms with van der Waals surface area (Å²) in [6.45, 7) is 0. The Balaban J connectivity index is 2.66. The molecule has 1 aromatic carbocycles. The standard InChI is InChI=1S/C10H5F6NO2/c11-9(12,13)7-5-3-1-2-4-6(5)8(18,19-17-7)10(14,15)16/h1-4,18H. The van der Waals surface area contributed by atoms with Crippen molar-refractivity contribution in [2.45, 2.75) is 18.1 Å². The first-order valence-corrected chi connectivity index (χ1v) is 4.80. The molecule has 19 heavy (non-hydrogen) atoms. The Labute approximate surface area is 102 Å². The predicted molar refractivity (Wildman–Crippen MR) is 50.1 cm³/mol. The van der Waals surface area contributed by atoms with Crippen molar-refractivity contribution in [3.8, 4) is 0 Å². The minimum atomic E-state index is -5.33. The smallest absolute Gasteiger partial charge is 0.344 e. The van der Waals surface area contributed by atoms with E-state index in [2.05, 4.69) is 9.99 Å². The van der Waals surface area contributed by atoms with Gasteiger partial charge in [-0.2, -0.15) is 26.3 Å². The second-order valence-corrected chi connectivity index (χ2v) is 3.72. The van der Waals surface area contributed by atoms with Crippen molar-refractivity contribution in [3.63, 3.8) is 0 Å². The molecule has 0 aromatic heterocycles. The molecule has 1 aromatic rings. The Kier molecular flexibility index (Phi) is 2.77. The number of halogens is 6. The van der Waals surface area contributed by atoms with E-state index in [-0.39, 0.29) is 0 Å². The predicted octanol–water partition coefficient (Wildman–Crippen LogP) is 2.69. The van der Waals surface area contributed by atoms with E-state index >= 15 is 0 Å². The molecule has 0 radical (unpaired) electrons. The summed E-state index contributed by atoms with van der Waals surface area (Å²) in [5.74, 6) is -3.89. The van der Waals surface area contributed by atoms with E-state index in [4.69, 9.17) is 0 Å². The molecule has 0 fully saturated rings. The second kappa shape index (κ2) is 3.86. The van der Waals surface area contributed by atoms with Crippen molar-refractivity contribution in [3.05, 3.63) is 35.4 Å². The summed E-state index contributed by atoms with van der Waals surface area (Å²) in [7, 11) is 0. The zero-order chi connectivity index (χ0) is 14.5. The molecular formula is C10H5F6NO2. The van der Waals surface area contributed by atoms with E-state index in [9.17, 15) is 31.4 Å². The Morgan fingerprint density at radius 3 is 2.16 bits per heavy atom. The average Bonchev–Trinajstić information content (AvgIpc) is 2.26. The Bertz CT molecular complexity index is 536. The third-order valence-electron chi connectivity index (χ3n) is 2.47. The van der Waals surface area contributed by atoms with Crippen LogP contribution in [0, 0.1) is 0 Å². The fourth-order valence-corrected chi connectivity index (χ4v) is 1.60. The number of hydrogen-bond acceptors (Lipinski definition) is 3. The molecule has 104 valence electrons. The van der Waals surface area contributed by atoms with Crippen LogP contribution in [0.15, 0.2) is 29.4 Å². The van der Waals surface area contributed by atoms with E-state index in [1.165, 1.54) is 0 Å². The molecule has 1 aliphatic rings. The molecule has 0 saturated carbocycles. The summed E-state index contributed by atoms with van der Waals surface area (Å²) in [6, 6.07) is 3.63. The van der Waals surface area contributed by atoms with Crippen molar-refractivity contribution >= 4 is 5.71 Å². The van der Waals surface area contributed by atoms with Gasteiger partial charge in [0.15, 0.2) is 5.71 Å². The van der Waals surface area contributed by atoms with Crippen LogP contribution in [0.4, 0.5) is 26.3 Å². The van der Waals surface area contributed by atoms with E-state index < -0.39 is 35.0 Å². The highest BCUT2D eigenvalue weighted by Crippen LogP contribution is 2.45. The van der Waals surface area contributed by atoms with Crippen LogP contribution in [-0.2, 0) is 10.6 Å². The molecule has 9 heteroatoms. The number of aliphatic hydroxyl groups is 1. The van der Waals surface area contributed by atoms with E-state index in [0.29, 0.717) is 6.07 Å². The van der Waals surface area contributed by atoms with Crippen molar-refractivity contribution < 1.29 is 36.3 Å². The lowest BCUT2D eigenvalue weighted by molar-refractivity contribution is -0.378. The molecule has 0 saturated heterocycles. The molecule has 0 aliphatic carbocycles. The molecule has 1 aliphatic heterocycles. The average molecular weight is 285 g/mol. The fourth-order valence-electron chi connectivity index (χ4n) is 1.60.